The zero-order valence-corrected chi connectivity index (χ0v) is 11.8. The Morgan fingerprint density at radius 2 is 1.76 bits per heavy atom. The maximum Gasteiger partial charge on any atom is 0.273 e. The highest BCUT2D eigenvalue weighted by Gasteiger charge is 2.13. The number of unbranched alkanes of at least 4 members (excludes halogenated alkanes) is 1. The molecule has 0 aliphatic rings. The topological polar surface area (TPSA) is 78.4 Å². The van der Waals surface area contributed by atoms with E-state index in [0.29, 0.717) is 6.42 Å². The fraction of sp³-hybridized carbons (Fsp3) is 0.250. The van der Waals surface area contributed by atoms with Crippen LogP contribution in [0.1, 0.15) is 36.5 Å². The Morgan fingerprint density at radius 3 is 2.43 bits per heavy atom. The first kappa shape index (κ1) is 14.8. The maximum absolute atomic E-state index is 12.0. The number of carbonyl (C=O) groups is 2. The summed E-state index contributed by atoms with van der Waals surface area (Å²) in [6.45, 7) is 1.99. The SMILES string of the molecule is CCCCC(=O)NNC(=O)c1cc2ccccc2cc1O. The van der Waals surface area contributed by atoms with Crippen LogP contribution >= 0.6 is 0 Å². The zero-order chi connectivity index (χ0) is 15.2. The molecule has 2 aromatic carbocycles. The molecule has 2 aromatic rings. The lowest BCUT2D eigenvalue weighted by Crippen LogP contribution is -2.41. The lowest BCUT2D eigenvalue weighted by atomic mass is 10.1. The second-order valence-corrected chi connectivity index (χ2v) is 4.82. The van der Waals surface area contributed by atoms with E-state index in [1.807, 2.05) is 31.2 Å². The summed E-state index contributed by atoms with van der Waals surface area (Å²) in [7, 11) is 0. The summed E-state index contributed by atoms with van der Waals surface area (Å²) in [5.41, 5.74) is 4.79. The van der Waals surface area contributed by atoms with Gasteiger partial charge in [-0.25, -0.2) is 0 Å². The predicted octanol–water partition coefficient (Wildman–Crippen LogP) is 2.50. The van der Waals surface area contributed by atoms with E-state index >= 15 is 0 Å². The van der Waals surface area contributed by atoms with Gasteiger partial charge in [0.25, 0.3) is 5.91 Å². The molecule has 2 amide bonds. The standard InChI is InChI=1S/C16H18N2O3/c1-2-3-8-15(20)17-18-16(21)13-9-11-6-4-5-7-12(11)10-14(13)19/h4-7,9-10,19H,2-3,8H2,1H3,(H,17,20)(H,18,21). The van der Waals surface area contributed by atoms with Crippen LogP contribution in [0, 0.1) is 0 Å². The van der Waals surface area contributed by atoms with Gasteiger partial charge in [-0.3, -0.25) is 20.4 Å². The van der Waals surface area contributed by atoms with Crippen molar-refractivity contribution in [3.63, 3.8) is 0 Å². The Kier molecular flexibility index (Phi) is 4.77. The molecule has 0 aliphatic heterocycles. The van der Waals surface area contributed by atoms with Crippen molar-refractivity contribution in [2.45, 2.75) is 26.2 Å². The minimum atomic E-state index is -0.539. The highest BCUT2D eigenvalue weighted by molar-refractivity contribution is 6.02. The molecule has 0 aromatic heterocycles. The van der Waals surface area contributed by atoms with Gasteiger partial charge < -0.3 is 5.11 Å². The van der Waals surface area contributed by atoms with Gasteiger partial charge in [-0.1, -0.05) is 37.6 Å². The molecule has 0 spiro atoms. The number of hydrogen-bond acceptors (Lipinski definition) is 3. The summed E-state index contributed by atoms with van der Waals surface area (Å²) in [5, 5.41) is 11.6. The van der Waals surface area contributed by atoms with Gasteiger partial charge in [0.05, 0.1) is 5.56 Å². The first-order valence-electron chi connectivity index (χ1n) is 6.92. The van der Waals surface area contributed by atoms with E-state index in [1.54, 1.807) is 6.07 Å². The van der Waals surface area contributed by atoms with Crippen molar-refractivity contribution in [1.29, 1.82) is 0 Å². The summed E-state index contributed by atoms with van der Waals surface area (Å²) >= 11 is 0. The lowest BCUT2D eigenvalue weighted by molar-refractivity contribution is -0.121. The molecule has 0 saturated heterocycles. The number of hydrazine groups is 1. The molecule has 0 unspecified atom stereocenters. The number of aromatic hydroxyl groups is 1. The molecule has 0 saturated carbocycles. The normalized spacial score (nSPS) is 10.3. The van der Waals surface area contributed by atoms with Crippen LogP contribution in [0.15, 0.2) is 36.4 Å². The van der Waals surface area contributed by atoms with Crippen LogP contribution in [-0.4, -0.2) is 16.9 Å². The zero-order valence-electron chi connectivity index (χ0n) is 11.8. The van der Waals surface area contributed by atoms with E-state index in [9.17, 15) is 14.7 Å². The molecular formula is C16H18N2O3. The molecule has 5 heteroatoms. The van der Waals surface area contributed by atoms with E-state index in [-0.39, 0.29) is 17.2 Å². The summed E-state index contributed by atoms with van der Waals surface area (Å²) in [5.74, 6) is -0.900. The van der Waals surface area contributed by atoms with Gasteiger partial charge in [-0.2, -0.15) is 0 Å². The van der Waals surface area contributed by atoms with E-state index in [1.165, 1.54) is 6.07 Å². The molecule has 21 heavy (non-hydrogen) atoms. The van der Waals surface area contributed by atoms with E-state index in [0.717, 1.165) is 23.6 Å². The van der Waals surface area contributed by atoms with Crippen LogP contribution in [0.2, 0.25) is 0 Å². The number of benzene rings is 2. The highest BCUT2D eigenvalue weighted by atomic mass is 16.3. The molecule has 0 heterocycles. The smallest absolute Gasteiger partial charge is 0.273 e. The maximum atomic E-state index is 12.0. The van der Waals surface area contributed by atoms with E-state index < -0.39 is 5.91 Å². The van der Waals surface area contributed by atoms with Crippen LogP contribution in [0.3, 0.4) is 0 Å². The monoisotopic (exact) mass is 286 g/mol. The van der Waals surface area contributed by atoms with Crippen molar-refractivity contribution in [3.8, 4) is 5.75 Å². The van der Waals surface area contributed by atoms with Gasteiger partial charge >= 0.3 is 0 Å². The molecule has 0 radical (unpaired) electrons. The largest absolute Gasteiger partial charge is 0.507 e. The Hall–Kier alpha value is -2.56. The Morgan fingerprint density at radius 1 is 1.10 bits per heavy atom. The summed E-state index contributed by atoms with van der Waals surface area (Å²) in [6, 6.07) is 10.5. The molecule has 0 fully saturated rings. The number of rotatable bonds is 4. The summed E-state index contributed by atoms with van der Waals surface area (Å²) in [6.07, 6.45) is 2.04. The molecule has 5 nitrogen and oxygen atoms in total. The number of hydrogen-bond donors (Lipinski definition) is 3. The van der Waals surface area contributed by atoms with E-state index in [2.05, 4.69) is 10.9 Å². The molecule has 110 valence electrons. The number of fused-ring (bicyclic) bond motifs is 1. The third-order valence-corrected chi connectivity index (χ3v) is 3.18. The van der Waals surface area contributed by atoms with Gasteiger partial charge in [-0.05, 0) is 29.3 Å². The van der Waals surface area contributed by atoms with Crippen molar-refractivity contribution in [3.05, 3.63) is 42.0 Å². The van der Waals surface area contributed by atoms with Crippen molar-refractivity contribution in [2.75, 3.05) is 0 Å². The van der Waals surface area contributed by atoms with Crippen molar-refractivity contribution >= 4 is 22.6 Å². The predicted molar refractivity (Wildman–Crippen MR) is 80.7 cm³/mol. The molecule has 0 atom stereocenters. The third kappa shape index (κ3) is 3.72. The fourth-order valence-corrected chi connectivity index (χ4v) is 2.00. The Labute approximate surface area is 122 Å². The van der Waals surface area contributed by atoms with Gasteiger partial charge in [0, 0.05) is 6.42 Å². The fourth-order valence-electron chi connectivity index (χ4n) is 2.00. The number of nitrogens with one attached hydrogen (secondary N) is 2. The quantitative estimate of drug-likeness (QED) is 0.756. The number of phenolic OH excluding ortho intramolecular Hbond substituents is 1. The second kappa shape index (κ2) is 6.74. The lowest BCUT2D eigenvalue weighted by Gasteiger charge is -2.09. The highest BCUT2D eigenvalue weighted by Crippen LogP contribution is 2.24. The summed E-state index contributed by atoms with van der Waals surface area (Å²) in [4.78, 5) is 23.4. The van der Waals surface area contributed by atoms with Crippen molar-refractivity contribution in [2.24, 2.45) is 0 Å². The van der Waals surface area contributed by atoms with E-state index in [4.69, 9.17) is 0 Å². The average Bonchev–Trinajstić information content (AvgIpc) is 2.49. The number of phenols is 1. The average molecular weight is 286 g/mol. The first-order chi connectivity index (χ1) is 10.1. The summed E-state index contributed by atoms with van der Waals surface area (Å²) < 4.78 is 0. The minimum Gasteiger partial charge on any atom is -0.507 e. The van der Waals surface area contributed by atoms with Crippen LogP contribution < -0.4 is 10.9 Å². The van der Waals surface area contributed by atoms with Crippen molar-refractivity contribution in [1.82, 2.24) is 10.9 Å². The van der Waals surface area contributed by atoms with Crippen LogP contribution in [0.25, 0.3) is 10.8 Å². The second-order valence-electron chi connectivity index (χ2n) is 4.82. The minimum absolute atomic E-state index is 0.117. The van der Waals surface area contributed by atoms with Gasteiger partial charge in [0.1, 0.15) is 5.75 Å². The third-order valence-electron chi connectivity index (χ3n) is 3.18. The van der Waals surface area contributed by atoms with Gasteiger partial charge in [0.2, 0.25) is 5.91 Å². The molecule has 0 bridgehead atoms. The molecular weight excluding hydrogens is 268 g/mol. The number of amides is 2. The Balaban J connectivity index is 2.08. The molecule has 3 N–H and O–H groups in total. The molecule has 0 aliphatic carbocycles. The van der Waals surface area contributed by atoms with Gasteiger partial charge in [-0.15, -0.1) is 0 Å². The number of carbonyl (C=O) groups excluding carboxylic acids is 2. The van der Waals surface area contributed by atoms with Gasteiger partial charge in [0.15, 0.2) is 0 Å². The van der Waals surface area contributed by atoms with Crippen LogP contribution in [-0.2, 0) is 4.79 Å². The first-order valence-corrected chi connectivity index (χ1v) is 6.92. The van der Waals surface area contributed by atoms with Crippen LogP contribution in [0.4, 0.5) is 0 Å². The van der Waals surface area contributed by atoms with Crippen LogP contribution in [0.5, 0.6) is 5.75 Å². The Bertz CT molecular complexity index is 668. The molecule has 2 rings (SSSR count). The van der Waals surface area contributed by atoms with Crippen molar-refractivity contribution < 1.29 is 14.7 Å².